The number of rotatable bonds is 4. The van der Waals surface area contributed by atoms with Crippen LogP contribution in [0, 0.1) is 11.3 Å². The summed E-state index contributed by atoms with van der Waals surface area (Å²) in [5, 5.41) is 10.3. The molecule has 2 aromatic heterocycles. The predicted octanol–water partition coefficient (Wildman–Crippen LogP) is 3.19. The predicted molar refractivity (Wildman–Crippen MR) is 134 cm³/mol. The molecule has 5 rings (SSSR count). The van der Waals surface area contributed by atoms with Crippen molar-refractivity contribution in [2.24, 2.45) is 0 Å². The molecule has 1 atom stereocenters. The van der Waals surface area contributed by atoms with E-state index in [0.29, 0.717) is 28.3 Å². The molecule has 9 nitrogen and oxygen atoms in total. The number of aromatic nitrogens is 2. The van der Waals surface area contributed by atoms with E-state index in [1.807, 2.05) is 18.2 Å². The summed E-state index contributed by atoms with van der Waals surface area (Å²) in [6.45, 7) is 0. The van der Waals surface area contributed by atoms with E-state index < -0.39 is 11.5 Å². The summed E-state index contributed by atoms with van der Waals surface area (Å²) in [6.07, 6.45) is 1.59. The van der Waals surface area contributed by atoms with Gasteiger partial charge >= 0.3 is 5.63 Å². The van der Waals surface area contributed by atoms with Crippen molar-refractivity contribution < 1.29 is 18.3 Å². The van der Waals surface area contributed by atoms with E-state index in [1.54, 1.807) is 24.3 Å². The number of oxazole rings is 2. The molecule has 0 amide bonds. The lowest BCUT2D eigenvalue weighted by Gasteiger charge is -2.21. The highest BCUT2D eigenvalue weighted by atomic mass is 79.9. The lowest BCUT2D eigenvalue weighted by atomic mass is 9.87. The van der Waals surface area contributed by atoms with Gasteiger partial charge in [0.1, 0.15) is 34.2 Å². The van der Waals surface area contributed by atoms with Crippen LogP contribution in [0.3, 0.4) is 0 Å². The highest BCUT2D eigenvalue weighted by molar-refractivity contribution is 9.10. The van der Waals surface area contributed by atoms with Gasteiger partial charge in [-0.05, 0) is 42.5 Å². The Morgan fingerprint density at radius 2 is 1.80 bits per heavy atom. The maximum Gasteiger partial charge on any atom is 0.362 e. The van der Waals surface area contributed by atoms with Gasteiger partial charge in [0, 0.05) is 20.1 Å². The van der Waals surface area contributed by atoms with Crippen LogP contribution in [-0.2, 0) is 0 Å². The molecule has 3 heterocycles. The Kier molecular flexibility index (Phi) is 5.78. The smallest absolute Gasteiger partial charge is 0.362 e. The van der Waals surface area contributed by atoms with Gasteiger partial charge < -0.3 is 24.0 Å². The third kappa shape index (κ3) is 3.75. The number of hydrogen-bond donors (Lipinski definition) is 1. The second kappa shape index (κ2) is 8.79. The molecular formula is C24H16Br2N4O5. The van der Waals surface area contributed by atoms with Gasteiger partial charge in [-0.15, -0.1) is 0 Å². The first kappa shape index (κ1) is 23.0. The molecule has 0 spiro atoms. The van der Waals surface area contributed by atoms with Gasteiger partial charge in [0.25, 0.3) is 6.01 Å². The van der Waals surface area contributed by atoms with Crippen LogP contribution in [0.15, 0.2) is 59.0 Å². The lowest BCUT2D eigenvalue weighted by molar-refractivity contribution is 0.408. The monoisotopic (exact) mass is 598 g/mol. The van der Waals surface area contributed by atoms with Crippen LogP contribution in [0.4, 0.5) is 6.01 Å². The molecule has 2 N–H and O–H groups in total. The fraction of sp³-hybridized carbons (Fsp3) is 0.125. The number of ether oxygens (including phenoxy) is 2. The highest BCUT2D eigenvalue weighted by Gasteiger charge is 2.37. The quantitative estimate of drug-likeness (QED) is 0.379. The molecule has 35 heavy (non-hydrogen) atoms. The number of anilines is 1. The molecule has 2 aromatic carbocycles. The van der Waals surface area contributed by atoms with Crippen LogP contribution < -0.4 is 31.7 Å². The van der Waals surface area contributed by atoms with Crippen LogP contribution in [0.2, 0.25) is 0 Å². The topological polar surface area (TPSA) is 129 Å². The Bertz CT molecular complexity index is 1710. The minimum Gasteiger partial charge on any atom is -0.496 e. The number of hydrogen-bond acceptors (Lipinski definition) is 8. The average molecular weight is 600 g/mol. The zero-order valence-corrected chi connectivity index (χ0v) is 21.5. The van der Waals surface area contributed by atoms with E-state index in [1.165, 1.54) is 18.8 Å². The highest BCUT2D eigenvalue weighted by Crippen LogP contribution is 2.42. The molecule has 0 unspecified atom stereocenters. The van der Waals surface area contributed by atoms with Crippen molar-refractivity contribution in [3.63, 3.8) is 0 Å². The van der Waals surface area contributed by atoms with Crippen LogP contribution in [0.5, 0.6) is 11.5 Å². The van der Waals surface area contributed by atoms with Gasteiger partial charge in [-0.2, -0.15) is 10.2 Å². The van der Waals surface area contributed by atoms with Crippen molar-refractivity contribution in [1.82, 2.24) is 9.55 Å². The minimum absolute atomic E-state index is 0.0217. The van der Waals surface area contributed by atoms with Crippen LogP contribution in [0.1, 0.15) is 22.7 Å². The zero-order valence-electron chi connectivity index (χ0n) is 18.3. The molecule has 0 bridgehead atoms. The first-order chi connectivity index (χ1) is 16.9. The molecule has 0 fully saturated rings. The summed E-state index contributed by atoms with van der Waals surface area (Å²) in [7, 11) is 3.06. The zero-order chi connectivity index (χ0) is 24.9. The number of fused-ring (bicyclic) bond motifs is 3. The van der Waals surface area contributed by atoms with Crippen LogP contribution >= 0.6 is 31.9 Å². The van der Waals surface area contributed by atoms with Gasteiger partial charge in [-0.25, -0.2) is 9.36 Å². The van der Waals surface area contributed by atoms with Gasteiger partial charge in [-0.1, -0.05) is 31.9 Å². The summed E-state index contributed by atoms with van der Waals surface area (Å²) in [6, 6.07) is 12.8. The summed E-state index contributed by atoms with van der Waals surface area (Å²) < 4.78 is 25.3. The lowest BCUT2D eigenvalue weighted by Crippen LogP contribution is -2.35. The number of halogens is 2. The number of benzene rings is 2. The minimum atomic E-state index is -0.748. The Hall–Kier alpha value is -3.75. The molecule has 0 saturated heterocycles. The van der Waals surface area contributed by atoms with Gasteiger partial charge in [0.15, 0.2) is 0 Å². The van der Waals surface area contributed by atoms with Gasteiger partial charge in [-0.3, -0.25) is 0 Å². The fourth-order valence-corrected chi connectivity index (χ4v) is 4.90. The van der Waals surface area contributed by atoms with Crippen molar-refractivity contribution >= 4 is 49.5 Å². The summed E-state index contributed by atoms with van der Waals surface area (Å²) in [4.78, 5) is 17.4. The molecule has 0 saturated carbocycles. The Balaban J connectivity index is 1.90. The third-order valence-electron chi connectivity index (χ3n) is 5.60. The molecule has 1 aliphatic rings. The summed E-state index contributed by atoms with van der Waals surface area (Å²) in [5.41, 5.74) is 7.04. The SMILES string of the molecule is COc1ccc(Br)cc1/C=c1\c(=O)oc2n1-c1oc(N)nc1[C@@H](c1cc(Br)ccc1OC)C=2C#N. The van der Waals surface area contributed by atoms with Crippen molar-refractivity contribution in [1.29, 1.82) is 5.26 Å². The first-order valence-electron chi connectivity index (χ1n) is 10.2. The van der Waals surface area contributed by atoms with Crippen LogP contribution in [-0.4, -0.2) is 23.8 Å². The molecule has 0 aliphatic carbocycles. The van der Waals surface area contributed by atoms with Crippen molar-refractivity contribution in [2.45, 2.75) is 5.92 Å². The van der Waals surface area contributed by atoms with E-state index in [4.69, 9.17) is 24.0 Å². The van der Waals surface area contributed by atoms with E-state index >= 15 is 0 Å². The number of nitrogen functional groups attached to an aromatic ring is 1. The maximum absolute atomic E-state index is 13.1. The average Bonchev–Trinajstić information content (AvgIpc) is 3.37. The second-order valence-corrected chi connectivity index (χ2v) is 9.36. The maximum atomic E-state index is 13.1. The van der Waals surface area contributed by atoms with Crippen molar-refractivity contribution in [3.8, 4) is 23.5 Å². The summed E-state index contributed by atoms with van der Waals surface area (Å²) >= 11 is 6.90. The molecule has 11 heteroatoms. The van der Waals surface area contributed by atoms with E-state index in [9.17, 15) is 10.1 Å². The molecule has 0 radical (unpaired) electrons. The third-order valence-corrected chi connectivity index (χ3v) is 6.58. The Morgan fingerprint density at radius 3 is 2.49 bits per heavy atom. The number of nitrogens with zero attached hydrogens (tertiary/aromatic N) is 3. The number of nitriles is 1. The Morgan fingerprint density at radius 1 is 1.11 bits per heavy atom. The van der Waals surface area contributed by atoms with Crippen molar-refractivity contribution in [2.75, 3.05) is 20.0 Å². The normalized spacial score (nSPS) is 14.9. The largest absolute Gasteiger partial charge is 0.496 e. The molecule has 176 valence electrons. The van der Waals surface area contributed by atoms with Crippen molar-refractivity contribution in [3.05, 3.63) is 83.5 Å². The van der Waals surface area contributed by atoms with Gasteiger partial charge in [0.2, 0.25) is 11.4 Å². The molecule has 1 aliphatic heterocycles. The van der Waals surface area contributed by atoms with Crippen LogP contribution in [0.25, 0.3) is 17.5 Å². The molecular weight excluding hydrogens is 584 g/mol. The number of methoxy groups -OCH3 is 2. The Labute approximate surface area is 215 Å². The first-order valence-corrected chi connectivity index (χ1v) is 11.8. The fourth-order valence-electron chi connectivity index (χ4n) is 4.15. The summed E-state index contributed by atoms with van der Waals surface area (Å²) in [5.74, 6) is 0.487. The van der Waals surface area contributed by atoms with E-state index in [0.717, 1.165) is 8.95 Å². The molecule has 4 aromatic rings. The van der Waals surface area contributed by atoms with E-state index in [-0.39, 0.29) is 28.4 Å². The van der Waals surface area contributed by atoms with Gasteiger partial charge in [0.05, 0.1) is 20.1 Å². The number of nitrogens with two attached hydrogens (primary N) is 1. The van der Waals surface area contributed by atoms with E-state index in [2.05, 4.69) is 42.9 Å². The second-order valence-electron chi connectivity index (χ2n) is 7.53. The standard InChI is InChI=1S/C24H16Br2N4O5/c1-32-17-5-3-12(25)7-11(17)8-16-23(31)34-21-15(10-27)19(14-9-13(26)4-6-18(14)33-2)20-22(30(16)21)35-24(28)29-20/h3-9,19H,1-2H3,(H2,28,29)/b16-8+/t19-/m0/s1.